The first kappa shape index (κ1) is 18.1. The van der Waals surface area contributed by atoms with Crippen LogP contribution in [0.25, 0.3) is 0 Å². The third-order valence-electron chi connectivity index (χ3n) is 4.82. The average Bonchev–Trinajstić information content (AvgIpc) is 2.63. The summed E-state index contributed by atoms with van der Waals surface area (Å²) in [7, 11) is 5.44. The second-order valence-corrected chi connectivity index (χ2v) is 6.86. The Morgan fingerprint density at radius 1 is 1.08 bits per heavy atom. The van der Waals surface area contributed by atoms with Gasteiger partial charge in [0.05, 0.1) is 19.2 Å². The number of piperazine rings is 1. The molecule has 0 amide bonds. The molecule has 5 heteroatoms. The fourth-order valence-electron chi connectivity index (χ4n) is 3.43. The summed E-state index contributed by atoms with van der Waals surface area (Å²) in [4.78, 5) is 4.89. The number of methoxy groups -OCH3 is 2. The molecule has 1 unspecified atom stereocenters. The van der Waals surface area contributed by atoms with Crippen molar-refractivity contribution >= 4 is 11.6 Å². The molecule has 1 saturated heterocycles. The molecule has 1 atom stereocenters. The number of likely N-dealkylation sites (N-methyl/N-ethyl adjacent to an activating group) is 1. The van der Waals surface area contributed by atoms with Gasteiger partial charge in [-0.2, -0.15) is 0 Å². The SMILES string of the molecule is COc1cc(CN2CCN(C)C(c3ccccc3)C2)cc(Cl)c1OC. The van der Waals surface area contributed by atoms with Crippen molar-refractivity contribution in [1.29, 1.82) is 0 Å². The van der Waals surface area contributed by atoms with Crippen molar-refractivity contribution in [2.24, 2.45) is 0 Å². The number of nitrogens with zero attached hydrogens (tertiary/aromatic N) is 2. The fourth-order valence-corrected chi connectivity index (χ4v) is 3.74. The van der Waals surface area contributed by atoms with Crippen molar-refractivity contribution in [2.75, 3.05) is 40.9 Å². The van der Waals surface area contributed by atoms with Gasteiger partial charge in [-0.05, 0) is 30.3 Å². The van der Waals surface area contributed by atoms with E-state index in [0.29, 0.717) is 22.6 Å². The Bertz CT molecular complexity index is 708. The van der Waals surface area contributed by atoms with Gasteiger partial charge < -0.3 is 9.47 Å². The summed E-state index contributed by atoms with van der Waals surface area (Å²) in [5, 5.41) is 0.589. The second kappa shape index (κ2) is 8.09. The van der Waals surface area contributed by atoms with Gasteiger partial charge in [-0.25, -0.2) is 0 Å². The van der Waals surface area contributed by atoms with Crippen molar-refractivity contribution in [3.8, 4) is 11.5 Å². The highest BCUT2D eigenvalue weighted by molar-refractivity contribution is 6.32. The molecular weight excluding hydrogens is 336 g/mol. The molecule has 0 N–H and O–H groups in total. The summed E-state index contributed by atoms with van der Waals surface area (Å²) in [6.07, 6.45) is 0. The van der Waals surface area contributed by atoms with Gasteiger partial charge in [-0.15, -0.1) is 0 Å². The van der Waals surface area contributed by atoms with E-state index in [1.54, 1.807) is 14.2 Å². The van der Waals surface area contributed by atoms with E-state index in [2.05, 4.69) is 47.2 Å². The van der Waals surface area contributed by atoms with E-state index in [0.717, 1.165) is 31.7 Å². The summed E-state index contributed by atoms with van der Waals surface area (Å²) >= 11 is 6.35. The third-order valence-corrected chi connectivity index (χ3v) is 5.10. The van der Waals surface area contributed by atoms with Crippen LogP contribution in [0.4, 0.5) is 0 Å². The molecule has 1 aliphatic heterocycles. The van der Waals surface area contributed by atoms with Crippen LogP contribution >= 0.6 is 11.6 Å². The monoisotopic (exact) mass is 360 g/mol. The topological polar surface area (TPSA) is 24.9 Å². The van der Waals surface area contributed by atoms with Gasteiger partial charge in [0.2, 0.25) is 0 Å². The van der Waals surface area contributed by atoms with E-state index in [1.165, 1.54) is 5.56 Å². The fraction of sp³-hybridized carbons (Fsp3) is 0.400. The van der Waals surface area contributed by atoms with Gasteiger partial charge in [0.15, 0.2) is 11.5 Å². The Labute approximate surface area is 154 Å². The van der Waals surface area contributed by atoms with Gasteiger partial charge in [-0.3, -0.25) is 9.80 Å². The molecule has 0 spiro atoms. The lowest BCUT2D eigenvalue weighted by Gasteiger charge is -2.39. The molecule has 1 fully saturated rings. The predicted octanol–water partition coefficient (Wildman–Crippen LogP) is 3.85. The quantitative estimate of drug-likeness (QED) is 0.808. The number of hydrogen-bond acceptors (Lipinski definition) is 4. The molecule has 0 aliphatic carbocycles. The zero-order valence-corrected chi connectivity index (χ0v) is 15.8. The highest BCUT2D eigenvalue weighted by Crippen LogP contribution is 2.36. The lowest BCUT2D eigenvalue weighted by molar-refractivity contribution is 0.0904. The Hall–Kier alpha value is -1.75. The molecule has 134 valence electrons. The minimum Gasteiger partial charge on any atom is -0.493 e. The van der Waals surface area contributed by atoms with Crippen molar-refractivity contribution in [3.05, 3.63) is 58.6 Å². The van der Waals surface area contributed by atoms with Crippen LogP contribution in [0, 0.1) is 0 Å². The average molecular weight is 361 g/mol. The summed E-state index contributed by atoms with van der Waals surface area (Å²) in [6, 6.07) is 15.1. The van der Waals surface area contributed by atoms with Crippen LogP contribution in [0.1, 0.15) is 17.2 Å². The Kier molecular flexibility index (Phi) is 5.84. The van der Waals surface area contributed by atoms with Crippen LogP contribution in [-0.4, -0.2) is 50.7 Å². The lowest BCUT2D eigenvalue weighted by Crippen LogP contribution is -2.46. The summed E-state index contributed by atoms with van der Waals surface area (Å²) in [5.41, 5.74) is 2.50. The maximum absolute atomic E-state index is 6.35. The minimum absolute atomic E-state index is 0.408. The van der Waals surface area contributed by atoms with Gasteiger partial charge in [-0.1, -0.05) is 41.9 Å². The molecule has 4 nitrogen and oxygen atoms in total. The van der Waals surface area contributed by atoms with Crippen LogP contribution in [0.15, 0.2) is 42.5 Å². The maximum Gasteiger partial charge on any atom is 0.179 e. The number of hydrogen-bond donors (Lipinski definition) is 0. The molecule has 2 aromatic carbocycles. The lowest BCUT2D eigenvalue weighted by atomic mass is 10.0. The van der Waals surface area contributed by atoms with Gasteiger partial charge in [0, 0.05) is 32.2 Å². The van der Waals surface area contributed by atoms with Crippen LogP contribution in [0.3, 0.4) is 0 Å². The molecule has 1 aliphatic rings. The van der Waals surface area contributed by atoms with Gasteiger partial charge in [0.25, 0.3) is 0 Å². The van der Waals surface area contributed by atoms with Crippen molar-refractivity contribution in [2.45, 2.75) is 12.6 Å². The van der Waals surface area contributed by atoms with Crippen LogP contribution in [0.2, 0.25) is 5.02 Å². The summed E-state index contributed by atoms with van der Waals surface area (Å²) in [6.45, 7) is 3.91. The first-order chi connectivity index (χ1) is 12.1. The zero-order valence-electron chi connectivity index (χ0n) is 15.0. The molecule has 0 radical (unpaired) electrons. The van der Waals surface area contributed by atoms with Crippen molar-refractivity contribution < 1.29 is 9.47 Å². The Balaban J connectivity index is 1.76. The first-order valence-electron chi connectivity index (χ1n) is 8.50. The molecule has 0 aromatic heterocycles. The molecule has 25 heavy (non-hydrogen) atoms. The minimum atomic E-state index is 0.408. The van der Waals surface area contributed by atoms with E-state index in [-0.39, 0.29) is 0 Å². The van der Waals surface area contributed by atoms with E-state index in [4.69, 9.17) is 21.1 Å². The largest absolute Gasteiger partial charge is 0.493 e. The second-order valence-electron chi connectivity index (χ2n) is 6.46. The normalized spacial score (nSPS) is 19.0. The van der Waals surface area contributed by atoms with E-state index in [1.807, 2.05) is 12.1 Å². The zero-order chi connectivity index (χ0) is 17.8. The predicted molar refractivity (Wildman–Crippen MR) is 102 cm³/mol. The number of rotatable bonds is 5. The van der Waals surface area contributed by atoms with Crippen LogP contribution in [0.5, 0.6) is 11.5 Å². The Morgan fingerprint density at radius 3 is 2.52 bits per heavy atom. The number of ether oxygens (including phenoxy) is 2. The molecule has 3 rings (SSSR count). The van der Waals surface area contributed by atoms with Crippen LogP contribution in [-0.2, 0) is 6.54 Å². The number of halogens is 1. The van der Waals surface area contributed by atoms with Crippen LogP contribution < -0.4 is 9.47 Å². The van der Waals surface area contributed by atoms with Crippen molar-refractivity contribution in [3.63, 3.8) is 0 Å². The smallest absolute Gasteiger partial charge is 0.179 e. The van der Waals surface area contributed by atoms with Gasteiger partial charge in [0.1, 0.15) is 0 Å². The summed E-state index contributed by atoms with van der Waals surface area (Å²) < 4.78 is 10.7. The van der Waals surface area contributed by atoms with Gasteiger partial charge >= 0.3 is 0 Å². The number of benzene rings is 2. The molecular formula is C20H25ClN2O2. The highest BCUT2D eigenvalue weighted by Gasteiger charge is 2.26. The maximum atomic E-state index is 6.35. The van der Waals surface area contributed by atoms with E-state index in [9.17, 15) is 0 Å². The highest BCUT2D eigenvalue weighted by atomic mass is 35.5. The third kappa shape index (κ3) is 4.09. The molecule has 1 heterocycles. The van der Waals surface area contributed by atoms with Crippen molar-refractivity contribution in [1.82, 2.24) is 9.80 Å². The Morgan fingerprint density at radius 2 is 1.84 bits per heavy atom. The first-order valence-corrected chi connectivity index (χ1v) is 8.88. The standard InChI is InChI=1S/C20H25ClN2O2/c1-22-9-10-23(14-18(22)16-7-5-4-6-8-16)13-15-11-17(21)20(25-3)19(12-15)24-2/h4-8,11-12,18H,9-10,13-14H2,1-3H3. The molecule has 2 aromatic rings. The summed E-state index contributed by atoms with van der Waals surface area (Å²) in [5.74, 6) is 1.27. The van der Waals surface area contributed by atoms with E-state index >= 15 is 0 Å². The van der Waals surface area contributed by atoms with E-state index < -0.39 is 0 Å². The molecule has 0 saturated carbocycles. The molecule has 0 bridgehead atoms.